The smallest absolute Gasteiger partial charge is 1.00 e. The van der Waals surface area contributed by atoms with Gasteiger partial charge in [-0.15, -0.1) is 5.56 Å². The number of hydrogen-bond donors (Lipinski definition) is 0. The topological polar surface area (TPSA) is 86.6 Å². The van der Waals surface area contributed by atoms with Crippen LogP contribution in [0.25, 0.3) is 33.6 Å². The Bertz CT molecular complexity index is 1660. The molecule has 6 aromatic rings. The van der Waals surface area contributed by atoms with Gasteiger partial charge >= 0.3 is 23.1 Å². The quantitative estimate of drug-likeness (QED) is 0.142. The third kappa shape index (κ3) is 15.0. The van der Waals surface area contributed by atoms with Crippen LogP contribution >= 0.6 is 58.0 Å². The molecule has 48 heavy (non-hydrogen) atoms. The Hall–Kier alpha value is -2.44. The molecule has 0 saturated carbocycles. The van der Waals surface area contributed by atoms with Gasteiger partial charge in [-0.1, -0.05) is 84.9 Å². The minimum absolute atomic E-state index is 0. The molecular formula is C34H26BrCl5MgN6O. The van der Waals surface area contributed by atoms with Gasteiger partial charge in [0.25, 0.3) is 0 Å². The molecule has 7 nitrogen and oxygen atoms in total. The summed E-state index contributed by atoms with van der Waals surface area (Å²) in [6, 6.07) is 39.4. The fourth-order valence-electron chi connectivity index (χ4n) is 3.92. The summed E-state index contributed by atoms with van der Waals surface area (Å²) in [4.78, 5) is 22.2. The molecule has 14 heteroatoms. The molecule has 7 rings (SSSR count). The second-order valence-corrected chi connectivity index (χ2v) is 10.9. The van der Waals surface area contributed by atoms with Crippen LogP contribution in [-0.4, -0.2) is 66.2 Å². The molecule has 1 fully saturated rings. The zero-order valence-electron chi connectivity index (χ0n) is 25.3. The van der Waals surface area contributed by atoms with Crippen LogP contribution in [0.4, 0.5) is 0 Å². The van der Waals surface area contributed by atoms with Crippen LogP contribution in [0.1, 0.15) is 12.8 Å². The van der Waals surface area contributed by atoms with Gasteiger partial charge in [0.05, 0.1) is 0 Å². The van der Waals surface area contributed by atoms with Crippen LogP contribution in [0, 0.1) is 6.07 Å². The van der Waals surface area contributed by atoms with Crippen molar-refractivity contribution in [3.8, 4) is 33.6 Å². The maximum atomic E-state index is 5.78. The van der Waals surface area contributed by atoms with Crippen LogP contribution in [0.5, 0.6) is 0 Å². The van der Waals surface area contributed by atoms with E-state index in [1.54, 1.807) is 0 Å². The van der Waals surface area contributed by atoms with Crippen LogP contribution in [0.2, 0.25) is 26.4 Å². The molecule has 0 amide bonds. The molecule has 0 bridgehead atoms. The van der Waals surface area contributed by atoms with Crippen molar-refractivity contribution >= 4 is 81.1 Å². The molecule has 0 radical (unpaired) electrons. The van der Waals surface area contributed by atoms with Crippen molar-refractivity contribution in [1.82, 2.24) is 29.9 Å². The molecule has 2 aromatic heterocycles. The van der Waals surface area contributed by atoms with Crippen molar-refractivity contribution < 1.29 is 21.7 Å². The van der Waals surface area contributed by atoms with Gasteiger partial charge in [0, 0.05) is 18.8 Å². The predicted molar refractivity (Wildman–Crippen MR) is 192 cm³/mol. The first-order valence-electron chi connectivity index (χ1n) is 13.9. The molecule has 0 unspecified atom stereocenters. The van der Waals surface area contributed by atoms with Gasteiger partial charge in [-0.05, 0) is 87.5 Å². The Kier molecular flexibility index (Phi) is 20.0. The fraction of sp³-hybridized carbons (Fsp3) is 0.118. The van der Waals surface area contributed by atoms with Crippen molar-refractivity contribution in [3.05, 3.63) is 142 Å². The molecule has 4 aromatic carbocycles. The average Bonchev–Trinajstić information content (AvgIpc) is 3.67. The Morgan fingerprint density at radius 1 is 0.438 bits per heavy atom. The fourth-order valence-corrected chi connectivity index (χ4v) is 4.89. The van der Waals surface area contributed by atoms with Crippen molar-refractivity contribution in [2.75, 3.05) is 13.2 Å². The van der Waals surface area contributed by atoms with Gasteiger partial charge in [0.1, 0.15) is 0 Å². The van der Waals surface area contributed by atoms with Crippen LogP contribution in [0.3, 0.4) is 0 Å². The van der Waals surface area contributed by atoms with Crippen molar-refractivity contribution in [1.29, 1.82) is 0 Å². The van der Waals surface area contributed by atoms with Crippen LogP contribution in [-0.2, 0) is 4.74 Å². The Morgan fingerprint density at radius 2 is 0.771 bits per heavy atom. The molecule has 0 spiro atoms. The molecular weight excluding hydrogens is 790 g/mol. The zero-order valence-corrected chi connectivity index (χ0v) is 32.1. The third-order valence-electron chi connectivity index (χ3n) is 6.04. The third-order valence-corrected chi connectivity index (χ3v) is 6.88. The molecule has 0 N–H and O–H groups in total. The number of benzene rings is 4. The van der Waals surface area contributed by atoms with Gasteiger partial charge in [-0.3, -0.25) is 0 Å². The van der Waals surface area contributed by atoms with Crippen molar-refractivity contribution in [2.24, 2.45) is 0 Å². The van der Waals surface area contributed by atoms with Gasteiger partial charge in [-0.2, -0.15) is 60.2 Å². The minimum Gasteiger partial charge on any atom is -1.00 e. The maximum absolute atomic E-state index is 5.78. The van der Waals surface area contributed by atoms with E-state index in [1.165, 1.54) is 24.0 Å². The van der Waals surface area contributed by atoms with Gasteiger partial charge in [-0.25, -0.2) is 0 Å². The summed E-state index contributed by atoms with van der Waals surface area (Å²) in [6.07, 6.45) is 2.56. The van der Waals surface area contributed by atoms with E-state index in [2.05, 4.69) is 72.4 Å². The Morgan fingerprint density at radius 3 is 1.15 bits per heavy atom. The summed E-state index contributed by atoms with van der Waals surface area (Å²) < 4.78 is 4.94. The second-order valence-electron chi connectivity index (χ2n) is 9.26. The normalized spacial score (nSPS) is 11.1. The van der Waals surface area contributed by atoms with Crippen LogP contribution in [0.15, 0.2) is 109 Å². The van der Waals surface area contributed by atoms with E-state index in [9.17, 15) is 0 Å². The SMILES string of the molecule is C1CCOC1.Clc1nc(Cl)nc(-c2ccc(-c3ccccc3)cc2)n1.Clc1nc(Cl)nc(Cl)n1.[Br-].[Mg+2].[c-]1ccc(-c2ccccc2)cc1. The van der Waals surface area contributed by atoms with E-state index in [-0.39, 0.29) is 66.5 Å². The van der Waals surface area contributed by atoms with E-state index in [0.717, 1.165) is 29.9 Å². The average molecular weight is 816 g/mol. The molecule has 1 aliphatic rings. The molecule has 242 valence electrons. The van der Waals surface area contributed by atoms with Gasteiger partial charge in [0.15, 0.2) is 5.82 Å². The number of hydrogen-bond acceptors (Lipinski definition) is 7. The first kappa shape index (κ1) is 41.7. The summed E-state index contributed by atoms with van der Waals surface area (Å²) in [5.74, 6) is 0.467. The van der Waals surface area contributed by atoms with E-state index in [1.807, 2.05) is 72.8 Å². The first-order valence-corrected chi connectivity index (χ1v) is 15.8. The number of aromatic nitrogens is 6. The van der Waals surface area contributed by atoms with E-state index in [0.29, 0.717) is 5.82 Å². The monoisotopic (exact) mass is 812 g/mol. The van der Waals surface area contributed by atoms with E-state index in [4.69, 9.17) is 62.7 Å². The largest absolute Gasteiger partial charge is 2.00 e. The molecule has 0 aliphatic carbocycles. The molecule has 1 saturated heterocycles. The number of halogens is 6. The summed E-state index contributed by atoms with van der Waals surface area (Å²) in [5, 5.41) is 0.180. The maximum Gasteiger partial charge on any atom is 2.00 e. The number of rotatable bonds is 3. The van der Waals surface area contributed by atoms with Gasteiger partial charge in [0.2, 0.25) is 26.4 Å². The summed E-state index contributed by atoms with van der Waals surface area (Å²) in [6.45, 7) is 2.00. The zero-order chi connectivity index (χ0) is 32.6. The van der Waals surface area contributed by atoms with Crippen LogP contribution < -0.4 is 17.0 Å². The van der Waals surface area contributed by atoms with Crippen molar-refractivity contribution in [2.45, 2.75) is 12.8 Å². The predicted octanol–water partition coefficient (Wildman–Crippen LogP) is 6.92. The summed E-state index contributed by atoms with van der Waals surface area (Å²) >= 11 is 27.5. The Labute approximate surface area is 331 Å². The minimum atomic E-state index is 0. The van der Waals surface area contributed by atoms with Crippen molar-refractivity contribution in [3.63, 3.8) is 0 Å². The molecule has 1 aliphatic heterocycles. The first-order chi connectivity index (χ1) is 22.4. The standard InChI is InChI=1S/C15H9Cl2N3.C12H9.C4H8O.C3Cl3N3.BrH.Mg/c16-14-18-13(19-15(17)20-14)12-8-6-11(7-9-12)10-4-2-1-3-5-10;1-3-7-11(8-4-1)12-9-5-2-6-10-12;1-2-4-5-3-1;4-1-7-2(5)9-3(6)8-1;;/h1-9H;1,3-10H;1-4H2;;1H;/q;-1;;;;+2/p-1. The molecule has 3 heterocycles. The summed E-state index contributed by atoms with van der Waals surface area (Å²) in [7, 11) is 0. The Balaban J connectivity index is 0.000000244. The second kappa shape index (κ2) is 23.1. The molecule has 0 atom stereocenters. The van der Waals surface area contributed by atoms with E-state index < -0.39 is 0 Å². The van der Waals surface area contributed by atoms with E-state index >= 15 is 0 Å². The number of ether oxygens (including phenoxy) is 1. The number of nitrogens with zero attached hydrogens (tertiary/aromatic N) is 6. The summed E-state index contributed by atoms with van der Waals surface area (Å²) in [5.41, 5.74) is 5.63. The van der Waals surface area contributed by atoms with Gasteiger partial charge < -0.3 is 21.7 Å².